The summed E-state index contributed by atoms with van der Waals surface area (Å²) in [6.45, 7) is 5.17. The molecule has 0 atom stereocenters. The molecule has 0 saturated carbocycles. The van der Waals surface area contributed by atoms with Crippen molar-refractivity contribution < 1.29 is 13.9 Å². The third kappa shape index (κ3) is 2.98. The van der Waals surface area contributed by atoms with Crippen LogP contribution in [0.4, 0.5) is 5.95 Å². The molecule has 0 radical (unpaired) electrons. The lowest BCUT2D eigenvalue weighted by molar-refractivity contribution is -0.118. The number of fused-ring (bicyclic) bond motifs is 1. The summed E-state index contributed by atoms with van der Waals surface area (Å²) < 4.78 is 11.0. The molecule has 0 spiro atoms. The Balaban J connectivity index is 1.90. The minimum Gasteiger partial charge on any atom is -0.483 e. The molecule has 8 nitrogen and oxygen atoms in total. The SMILES string of the molecule is Cc1cc(OCC(=O)Nc2ncn[nH]2)c2c(C)c(C)c(=O)oc2c1. The molecule has 1 amide bonds. The number of rotatable bonds is 4. The molecule has 0 saturated heterocycles. The molecule has 0 unspecified atom stereocenters. The number of aromatic amines is 1. The van der Waals surface area contributed by atoms with Crippen LogP contribution in [0.15, 0.2) is 27.7 Å². The van der Waals surface area contributed by atoms with Gasteiger partial charge in [-0.1, -0.05) is 0 Å². The number of H-pyrrole nitrogens is 1. The summed E-state index contributed by atoms with van der Waals surface area (Å²) in [5.74, 6) is 0.353. The summed E-state index contributed by atoms with van der Waals surface area (Å²) >= 11 is 0. The van der Waals surface area contributed by atoms with Gasteiger partial charge in [-0.3, -0.25) is 10.1 Å². The number of benzene rings is 1. The Bertz CT molecular complexity index is 960. The second-order valence-corrected chi connectivity index (χ2v) is 5.45. The van der Waals surface area contributed by atoms with E-state index in [1.807, 2.05) is 13.8 Å². The van der Waals surface area contributed by atoms with Crippen LogP contribution in [0.25, 0.3) is 11.0 Å². The van der Waals surface area contributed by atoms with Crippen molar-refractivity contribution in [3.8, 4) is 5.75 Å². The molecule has 0 aliphatic heterocycles. The zero-order valence-corrected chi connectivity index (χ0v) is 13.5. The number of ether oxygens (including phenoxy) is 1. The van der Waals surface area contributed by atoms with Gasteiger partial charge in [0.05, 0.1) is 5.39 Å². The van der Waals surface area contributed by atoms with Gasteiger partial charge in [-0.15, -0.1) is 0 Å². The molecule has 8 heteroatoms. The maximum absolute atomic E-state index is 11.9. The number of carbonyl (C=O) groups is 1. The summed E-state index contributed by atoms with van der Waals surface area (Å²) in [7, 11) is 0. The van der Waals surface area contributed by atoms with Gasteiger partial charge in [0.1, 0.15) is 17.7 Å². The Kier molecular flexibility index (Phi) is 4.03. The largest absolute Gasteiger partial charge is 0.483 e. The van der Waals surface area contributed by atoms with Crippen molar-refractivity contribution in [2.75, 3.05) is 11.9 Å². The fourth-order valence-corrected chi connectivity index (χ4v) is 2.38. The van der Waals surface area contributed by atoms with E-state index in [0.29, 0.717) is 22.3 Å². The van der Waals surface area contributed by atoms with Crippen molar-refractivity contribution in [1.29, 1.82) is 0 Å². The van der Waals surface area contributed by atoms with Crippen molar-refractivity contribution in [3.05, 3.63) is 45.6 Å². The number of nitrogens with zero attached hydrogens (tertiary/aromatic N) is 2. The summed E-state index contributed by atoms with van der Waals surface area (Å²) in [5.41, 5.74) is 2.21. The van der Waals surface area contributed by atoms with Crippen molar-refractivity contribution in [2.24, 2.45) is 0 Å². The first-order chi connectivity index (χ1) is 11.5. The zero-order valence-electron chi connectivity index (χ0n) is 13.5. The molecule has 0 aliphatic rings. The lowest BCUT2D eigenvalue weighted by Gasteiger charge is -2.12. The highest BCUT2D eigenvalue weighted by Gasteiger charge is 2.14. The highest BCUT2D eigenvalue weighted by atomic mass is 16.5. The average molecular weight is 328 g/mol. The number of hydrogen-bond acceptors (Lipinski definition) is 6. The van der Waals surface area contributed by atoms with Crippen LogP contribution < -0.4 is 15.7 Å². The topological polar surface area (TPSA) is 110 Å². The molecule has 124 valence electrons. The van der Waals surface area contributed by atoms with Crippen LogP contribution >= 0.6 is 0 Å². The summed E-state index contributed by atoms with van der Waals surface area (Å²) in [6, 6.07) is 3.57. The van der Waals surface area contributed by atoms with Crippen LogP contribution in [-0.4, -0.2) is 27.7 Å². The first kappa shape index (κ1) is 15.7. The third-order valence-electron chi connectivity index (χ3n) is 3.69. The smallest absolute Gasteiger partial charge is 0.339 e. The maximum Gasteiger partial charge on any atom is 0.339 e. The molecule has 2 heterocycles. The van der Waals surface area contributed by atoms with Gasteiger partial charge in [0.15, 0.2) is 6.61 Å². The minimum atomic E-state index is -0.381. The number of nitrogens with one attached hydrogen (secondary N) is 2. The van der Waals surface area contributed by atoms with E-state index in [2.05, 4.69) is 20.5 Å². The Morgan fingerprint density at radius 2 is 2.08 bits per heavy atom. The third-order valence-corrected chi connectivity index (χ3v) is 3.69. The number of hydrogen-bond donors (Lipinski definition) is 2. The number of amides is 1. The van der Waals surface area contributed by atoms with E-state index in [0.717, 1.165) is 11.1 Å². The van der Waals surface area contributed by atoms with Gasteiger partial charge in [0.25, 0.3) is 5.91 Å². The zero-order chi connectivity index (χ0) is 17.3. The highest BCUT2D eigenvalue weighted by molar-refractivity contribution is 5.91. The van der Waals surface area contributed by atoms with Crippen molar-refractivity contribution in [3.63, 3.8) is 0 Å². The van der Waals surface area contributed by atoms with Gasteiger partial charge in [-0.05, 0) is 44.0 Å². The van der Waals surface area contributed by atoms with Crippen LogP contribution in [0.1, 0.15) is 16.7 Å². The van der Waals surface area contributed by atoms with Gasteiger partial charge in [0, 0.05) is 5.56 Å². The lowest BCUT2D eigenvalue weighted by atomic mass is 10.0. The van der Waals surface area contributed by atoms with Crippen LogP contribution in [0.5, 0.6) is 5.75 Å². The van der Waals surface area contributed by atoms with E-state index in [1.165, 1.54) is 6.33 Å². The Morgan fingerprint density at radius 1 is 1.29 bits per heavy atom. The number of anilines is 1. The molecule has 1 aromatic carbocycles. The Hall–Kier alpha value is -3.16. The Morgan fingerprint density at radius 3 is 2.79 bits per heavy atom. The summed E-state index contributed by atoms with van der Waals surface area (Å²) in [6.07, 6.45) is 1.29. The summed E-state index contributed by atoms with van der Waals surface area (Å²) in [4.78, 5) is 27.6. The normalized spacial score (nSPS) is 10.8. The first-order valence-electron chi connectivity index (χ1n) is 7.28. The van der Waals surface area contributed by atoms with E-state index >= 15 is 0 Å². The fraction of sp³-hybridized carbons (Fsp3) is 0.250. The molecule has 3 rings (SSSR count). The van der Waals surface area contributed by atoms with Gasteiger partial charge >= 0.3 is 5.63 Å². The van der Waals surface area contributed by atoms with E-state index in [9.17, 15) is 9.59 Å². The maximum atomic E-state index is 11.9. The quantitative estimate of drug-likeness (QED) is 0.707. The number of aryl methyl sites for hydroxylation is 2. The van der Waals surface area contributed by atoms with Crippen molar-refractivity contribution >= 4 is 22.8 Å². The monoisotopic (exact) mass is 328 g/mol. The van der Waals surface area contributed by atoms with Crippen LogP contribution in [-0.2, 0) is 4.79 Å². The lowest BCUT2D eigenvalue weighted by Crippen LogP contribution is -2.21. The highest BCUT2D eigenvalue weighted by Crippen LogP contribution is 2.30. The molecule has 24 heavy (non-hydrogen) atoms. The molecule has 2 N–H and O–H groups in total. The van der Waals surface area contributed by atoms with Gasteiger partial charge in [0.2, 0.25) is 5.95 Å². The van der Waals surface area contributed by atoms with Gasteiger partial charge in [-0.2, -0.15) is 10.1 Å². The standard InChI is InChI=1S/C16H16N4O4/c1-8-4-11(23-6-13(21)19-16-17-7-18-20-16)14-9(2)10(3)15(22)24-12(14)5-8/h4-5,7H,6H2,1-3H3,(H2,17,18,19,20,21). The second-order valence-electron chi connectivity index (χ2n) is 5.45. The summed E-state index contributed by atoms with van der Waals surface area (Å²) in [5, 5.41) is 9.38. The van der Waals surface area contributed by atoms with E-state index in [-0.39, 0.29) is 24.1 Å². The molecule has 0 aliphatic carbocycles. The molecule has 0 bridgehead atoms. The van der Waals surface area contributed by atoms with Crippen molar-refractivity contribution in [1.82, 2.24) is 15.2 Å². The number of carbonyl (C=O) groups excluding carboxylic acids is 1. The molecule has 2 aromatic heterocycles. The van der Waals surface area contributed by atoms with Gasteiger partial charge in [-0.25, -0.2) is 9.89 Å². The van der Waals surface area contributed by atoms with Crippen LogP contribution in [0.3, 0.4) is 0 Å². The van der Waals surface area contributed by atoms with Crippen molar-refractivity contribution in [2.45, 2.75) is 20.8 Å². The van der Waals surface area contributed by atoms with Crippen LogP contribution in [0.2, 0.25) is 0 Å². The van der Waals surface area contributed by atoms with Gasteiger partial charge < -0.3 is 9.15 Å². The molecular formula is C16H16N4O4. The average Bonchev–Trinajstić information content (AvgIpc) is 3.03. The van der Waals surface area contributed by atoms with Crippen LogP contribution in [0, 0.1) is 20.8 Å². The minimum absolute atomic E-state index is 0.211. The molecular weight excluding hydrogens is 312 g/mol. The molecule has 3 aromatic rings. The van der Waals surface area contributed by atoms with E-state index < -0.39 is 0 Å². The Labute approximate surface area is 136 Å². The predicted molar refractivity (Wildman–Crippen MR) is 87.2 cm³/mol. The fourth-order valence-electron chi connectivity index (χ4n) is 2.38. The van der Waals surface area contributed by atoms with E-state index in [4.69, 9.17) is 9.15 Å². The second kappa shape index (κ2) is 6.15. The number of aromatic nitrogens is 3. The first-order valence-corrected chi connectivity index (χ1v) is 7.28. The predicted octanol–water partition coefficient (Wildman–Crippen LogP) is 1.85. The van der Waals surface area contributed by atoms with E-state index in [1.54, 1.807) is 19.1 Å². The molecule has 0 fully saturated rings.